The molecule has 0 aliphatic heterocycles. The second kappa shape index (κ2) is 9.29. The lowest BCUT2D eigenvalue weighted by Crippen LogP contribution is -2.05. The molecule has 3 aromatic rings. The molecule has 0 bridgehead atoms. The molecule has 0 atom stereocenters. The fourth-order valence-electron chi connectivity index (χ4n) is 2.50. The molecule has 1 heterocycles. The predicted molar refractivity (Wildman–Crippen MR) is 104 cm³/mol. The highest BCUT2D eigenvalue weighted by Gasteiger charge is 2.09. The van der Waals surface area contributed by atoms with E-state index in [1.165, 1.54) is 5.56 Å². The van der Waals surface area contributed by atoms with Crippen LogP contribution in [-0.2, 0) is 6.54 Å². The van der Waals surface area contributed by atoms with Gasteiger partial charge in [0.25, 0.3) is 0 Å². The van der Waals surface area contributed by atoms with Crippen molar-refractivity contribution in [1.29, 1.82) is 0 Å². The second-order valence-electron chi connectivity index (χ2n) is 5.83. The van der Waals surface area contributed by atoms with Gasteiger partial charge in [-0.1, -0.05) is 42.1 Å². The summed E-state index contributed by atoms with van der Waals surface area (Å²) < 4.78 is 13.1. The number of ether oxygens (including phenoxy) is 2. The van der Waals surface area contributed by atoms with E-state index in [1.807, 2.05) is 37.3 Å². The number of aromatic nitrogens is 3. The van der Waals surface area contributed by atoms with Gasteiger partial charge in [-0.2, -0.15) is 0 Å². The van der Waals surface area contributed by atoms with Crippen molar-refractivity contribution in [2.24, 2.45) is 0 Å². The molecule has 26 heavy (non-hydrogen) atoms. The Morgan fingerprint density at radius 3 is 2.42 bits per heavy atom. The van der Waals surface area contributed by atoms with Crippen LogP contribution in [0.2, 0.25) is 0 Å². The second-order valence-corrected chi connectivity index (χ2v) is 6.89. The van der Waals surface area contributed by atoms with E-state index in [0.29, 0.717) is 6.61 Å². The Morgan fingerprint density at radius 2 is 1.69 bits per heavy atom. The number of methoxy groups -OCH3 is 1. The van der Waals surface area contributed by atoms with E-state index in [4.69, 9.17) is 9.47 Å². The summed E-state index contributed by atoms with van der Waals surface area (Å²) in [5.41, 5.74) is 1.25. The van der Waals surface area contributed by atoms with Gasteiger partial charge in [-0.15, -0.1) is 10.2 Å². The largest absolute Gasteiger partial charge is 0.497 e. The van der Waals surface area contributed by atoms with Gasteiger partial charge >= 0.3 is 0 Å². The lowest BCUT2D eigenvalue weighted by Gasteiger charge is -2.09. The number of benzene rings is 2. The Labute approximate surface area is 158 Å². The Bertz CT molecular complexity index is 804. The van der Waals surface area contributed by atoms with Crippen molar-refractivity contribution < 1.29 is 9.47 Å². The van der Waals surface area contributed by atoms with Crippen molar-refractivity contribution in [1.82, 2.24) is 14.8 Å². The molecule has 5 nitrogen and oxygen atoms in total. The van der Waals surface area contributed by atoms with Crippen LogP contribution in [0, 0.1) is 6.92 Å². The molecule has 0 radical (unpaired) electrons. The van der Waals surface area contributed by atoms with Crippen molar-refractivity contribution in [2.45, 2.75) is 25.0 Å². The zero-order valence-corrected chi connectivity index (χ0v) is 15.9. The van der Waals surface area contributed by atoms with Crippen LogP contribution in [0.15, 0.2) is 59.8 Å². The smallest absolute Gasteiger partial charge is 0.191 e. The maximum atomic E-state index is 5.76. The van der Waals surface area contributed by atoms with Crippen LogP contribution in [0.3, 0.4) is 0 Å². The third kappa shape index (κ3) is 5.02. The van der Waals surface area contributed by atoms with Gasteiger partial charge < -0.3 is 14.0 Å². The van der Waals surface area contributed by atoms with Crippen molar-refractivity contribution in [3.8, 4) is 11.5 Å². The van der Waals surface area contributed by atoms with Gasteiger partial charge in [0.1, 0.15) is 17.3 Å². The van der Waals surface area contributed by atoms with Gasteiger partial charge in [-0.05, 0) is 43.2 Å². The monoisotopic (exact) mass is 369 g/mol. The highest BCUT2D eigenvalue weighted by Crippen LogP contribution is 2.20. The van der Waals surface area contributed by atoms with E-state index in [2.05, 4.69) is 39.0 Å². The van der Waals surface area contributed by atoms with Crippen molar-refractivity contribution in [2.75, 3.05) is 19.5 Å². The van der Waals surface area contributed by atoms with E-state index in [-0.39, 0.29) is 0 Å². The third-order valence-electron chi connectivity index (χ3n) is 3.93. The molecule has 0 saturated carbocycles. The zero-order chi connectivity index (χ0) is 18.2. The molecular weight excluding hydrogens is 346 g/mol. The Morgan fingerprint density at radius 1 is 0.962 bits per heavy atom. The summed E-state index contributed by atoms with van der Waals surface area (Å²) >= 11 is 1.72. The van der Waals surface area contributed by atoms with Crippen molar-refractivity contribution in [3.05, 3.63) is 66.0 Å². The Hall–Kier alpha value is -2.47. The standard InChI is InChI=1S/C20H23N3O2S/c1-16-21-22-20(23(16)15-17-7-4-3-5-8-17)26-14-6-13-25-19-11-9-18(24-2)10-12-19/h3-5,7-12H,6,13-15H2,1-2H3. The first-order chi connectivity index (χ1) is 12.8. The number of aryl methyl sites for hydroxylation is 1. The Kier molecular flexibility index (Phi) is 6.55. The summed E-state index contributed by atoms with van der Waals surface area (Å²) in [7, 11) is 1.66. The number of nitrogens with zero attached hydrogens (tertiary/aromatic N) is 3. The lowest BCUT2D eigenvalue weighted by molar-refractivity contribution is 0.318. The van der Waals surface area contributed by atoms with Crippen LogP contribution in [0.25, 0.3) is 0 Å². The van der Waals surface area contributed by atoms with Gasteiger partial charge in [0.15, 0.2) is 5.16 Å². The maximum Gasteiger partial charge on any atom is 0.191 e. The molecule has 0 unspecified atom stereocenters. The summed E-state index contributed by atoms with van der Waals surface area (Å²) in [6.07, 6.45) is 0.938. The number of thioether (sulfide) groups is 1. The first kappa shape index (κ1) is 18.3. The van der Waals surface area contributed by atoms with Gasteiger partial charge in [0.05, 0.1) is 20.3 Å². The van der Waals surface area contributed by atoms with Gasteiger partial charge in [0.2, 0.25) is 0 Å². The molecule has 0 fully saturated rings. The molecular formula is C20H23N3O2S. The van der Waals surface area contributed by atoms with Crippen LogP contribution in [0.1, 0.15) is 17.8 Å². The van der Waals surface area contributed by atoms with E-state index in [0.717, 1.165) is 41.2 Å². The average Bonchev–Trinajstić information content (AvgIpc) is 3.02. The van der Waals surface area contributed by atoms with E-state index < -0.39 is 0 Å². The van der Waals surface area contributed by atoms with Gasteiger partial charge in [-0.25, -0.2) is 0 Å². The van der Waals surface area contributed by atoms with Crippen LogP contribution >= 0.6 is 11.8 Å². The molecule has 0 amide bonds. The predicted octanol–water partition coefficient (Wildman–Crippen LogP) is 4.20. The highest BCUT2D eigenvalue weighted by molar-refractivity contribution is 7.99. The minimum absolute atomic E-state index is 0.672. The summed E-state index contributed by atoms with van der Waals surface area (Å²) in [5.74, 6) is 3.56. The van der Waals surface area contributed by atoms with Crippen LogP contribution < -0.4 is 9.47 Å². The quantitative estimate of drug-likeness (QED) is 0.418. The molecule has 0 aliphatic rings. The van der Waals surface area contributed by atoms with Gasteiger partial charge in [-0.3, -0.25) is 0 Å². The highest BCUT2D eigenvalue weighted by atomic mass is 32.2. The first-order valence-corrected chi connectivity index (χ1v) is 9.58. The first-order valence-electron chi connectivity index (χ1n) is 8.59. The van der Waals surface area contributed by atoms with E-state index >= 15 is 0 Å². The number of hydrogen-bond donors (Lipinski definition) is 0. The summed E-state index contributed by atoms with van der Waals surface area (Å²) in [6.45, 7) is 3.46. The lowest BCUT2D eigenvalue weighted by atomic mass is 10.2. The zero-order valence-electron chi connectivity index (χ0n) is 15.1. The maximum absolute atomic E-state index is 5.76. The SMILES string of the molecule is COc1ccc(OCCCSc2nnc(C)n2Cc2ccccc2)cc1. The van der Waals surface area contributed by atoms with Crippen LogP contribution in [-0.4, -0.2) is 34.2 Å². The molecule has 136 valence electrons. The summed E-state index contributed by atoms with van der Waals surface area (Å²) in [4.78, 5) is 0. The molecule has 0 aliphatic carbocycles. The molecule has 0 saturated heterocycles. The number of hydrogen-bond acceptors (Lipinski definition) is 5. The van der Waals surface area contributed by atoms with E-state index in [1.54, 1.807) is 18.9 Å². The molecule has 0 spiro atoms. The minimum Gasteiger partial charge on any atom is -0.497 e. The topological polar surface area (TPSA) is 49.2 Å². The third-order valence-corrected chi connectivity index (χ3v) is 4.99. The molecule has 0 N–H and O–H groups in total. The van der Waals surface area contributed by atoms with Crippen molar-refractivity contribution in [3.63, 3.8) is 0 Å². The van der Waals surface area contributed by atoms with Crippen molar-refractivity contribution >= 4 is 11.8 Å². The molecule has 2 aromatic carbocycles. The normalized spacial score (nSPS) is 10.7. The van der Waals surface area contributed by atoms with Gasteiger partial charge in [0, 0.05) is 5.75 Å². The fraction of sp³-hybridized carbons (Fsp3) is 0.300. The molecule has 1 aromatic heterocycles. The molecule has 6 heteroatoms. The van der Waals surface area contributed by atoms with Crippen LogP contribution in [0.4, 0.5) is 0 Å². The Balaban J connectivity index is 1.46. The summed E-state index contributed by atoms with van der Waals surface area (Å²) in [5, 5.41) is 9.49. The van der Waals surface area contributed by atoms with Crippen LogP contribution in [0.5, 0.6) is 11.5 Å². The minimum atomic E-state index is 0.672. The summed E-state index contributed by atoms with van der Waals surface area (Å²) in [6, 6.07) is 18.0. The number of rotatable bonds is 9. The average molecular weight is 369 g/mol. The van der Waals surface area contributed by atoms with E-state index in [9.17, 15) is 0 Å². The molecule has 3 rings (SSSR count). The fourth-order valence-corrected chi connectivity index (χ4v) is 3.40.